The topological polar surface area (TPSA) is 37.4 Å². The Morgan fingerprint density at radius 2 is 2.24 bits per heavy atom. The number of anilines is 1. The van der Waals surface area contributed by atoms with Crippen molar-refractivity contribution in [1.82, 2.24) is 10.3 Å². The van der Waals surface area contributed by atoms with Gasteiger partial charge in [0.15, 0.2) is 0 Å². The van der Waals surface area contributed by atoms with Crippen molar-refractivity contribution < 1.29 is 4.74 Å². The molecule has 0 amide bonds. The van der Waals surface area contributed by atoms with Crippen molar-refractivity contribution in [1.29, 1.82) is 0 Å². The number of nitrogens with one attached hydrogen (secondary N) is 1. The Balaban J connectivity index is 2.04. The molecule has 0 aromatic carbocycles. The zero-order valence-corrected chi connectivity index (χ0v) is 13.6. The van der Waals surface area contributed by atoms with Crippen molar-refractivity contribution in [3.8, 4) is 0 Å². The van der Waals surface area contributed by atoms with E-state index in [1.54, 1.807) is 7.11 Å². The van der Waals surface area contributed by atoms with E-state index < -0.39 is 0 Å². The first-order valence-corrected chi connectivity index (χ1v) is 8.18. The van der Waals surface area contributed by atoms with Crippen LogP contribution in [0, 0.1) is 5.92 Å². The zero-order valence-electron chi connectivity index (χ0n) is 13.6. The summed E-state index contributed by atoms with van der Waals surface area (Å²) in [5, 5.41) is 3.42. The fourth-order valence-electron chi connectivity index (χ4n) is 2.67. The van der Waals surface area contributed by atoms with Crippen LogP contribution < -0.4 is 10.2 Å². The number of hydrogen-bond donors (Lipinski definition) is 1. The highest BCUT2D eigenvalue weighted by Gasteiger charge is 2.32. The fourth-order valence-corrected chi connectivity index (χ4v) is 2.67. The van der Waals surface area contributed by atoms with Crippen molar-refractivity contribution in [2.45, 2.75) is 45.7 Å². The second kappa shape index (κ2) is 8.35. The Kier molecular flexibility index (Phi) is 6.46. The molecule has 0 saturated heterocycles. The molecule has 1 aromatic rings. The van der Waals surface area contributed by atoms with Crippen LogP contribution in [-0.2, 0) is 11.3 Å². The van der Waals surface area contributed by atoms with E-state index in [1.807, 2.05) is 0 Å². The Bertz CT molecular complexity index is 420. The molecule has 0 radical (unpaired) electrons. The van der Waals surface area contributed by atoms with Crippen LogP contribution in [0.3, 0.4) is 0 Å². The van der Waals surface area contributed by atoms with E-state index >= 15 is 0 Å². The highest BCUT2D eigenvalue weighted by molar-refractivity contribution is 5.41. The lowest BCUT2D eigenvalue weighted by molar-refractivity contribution is 0.202. The maximum absolute atomic E-state index is 5.27. The summed E-state index contributed by atoms with van der Waals surface area (Å²) in [6.45, 7) is 8.04. The molecule has 1 N–H and O–H groups in total. The maximum Gasteiger partial charge on any atom is 0.129 e. The Morgan fingerprint density at radius 3 is 2.90 bits per heavy atom. The number of aromatic nitrogens is 1. The largest absolute Gasteiger partial charge is 0.383 e. The van der Waals surface area contributed by atoms with E-state index in [2.05, 4.69) is 42.3 Å². The summed E-state index contributed by atoms with van der Waals surface area (Å²) in [4.78, 5) is 7.24. The molecular weight excluding hydrogens is 262 g/mol. The third kappa shape index (κ3) is 4.97. The van der Waals surface area contributed by atoms with Crippen LogP contribution in [0.1, 0.15) is 38.8 Å². The van der Waals surface area contributed by atoms with Gasteiger partial charge in [-0.05, 0) is 50.8 Å². The van der Waals surface area contributed by atoms with Crippen LogP contribution in [0.15, 0.2) is 18.2 Å². The average Bonchev–Trinajstić information content (AvgIpc) is 3.33. The summed E-state index contributed by atoms with van der Waals surface area (Å²) in [5.74, 6) is 1.91. The normalized spacial score (nSPS) is 16.0. The van der Waals surface area contributed by atoms with Crippen LogP contribution >= 0.6 is 0 Å². The zero-order chi connectivity index (χ0) is 15.1. The van der Waals surface area contributed by atoms with Gasteiger partial charge in [0.05, 0.1) is 12.3 Å². The molecule has 1 aliphatic carbocycles. The molecule has 0 spiro atoms. The lowest BCUT2D eigenvalue weighted by Crippen LogP contribution is -2.38. The van der Waals surface area contributed by atoms with E-state index in [4.69, 9.17) is 9.72 Å². The van der Waals surface area contributed by atoms with Gasteiger partial charge in [0.2, 0.25) is 0 Å². The molecule has 1 saturated carbocycles. The number of methoxy groups -OCH3 is 1. The number of nitrogens with zero attached hydrogens (tertiary/aromatic N) is 2. The summed E-state index contributed by atoms with van der Waals surface area (Å²) in [7, 11) is 1.76. The molecule has 4 nitrogen and oxygen atoms in total. The average molecular weight is 291 g/mol. The Hall–Kier alpha value is -1.13. The number of hydrogen-bond acceptors (Lipinski definition) is 4. The van der Waals surface area contributed by atoms with Gasteiger partial charge in [-0.2, -0.15) is 0 Å². The summed E-state index contributed by atoms with van der Waals surface area (Å²) < 4.78 is 5.27. The van der Waals surface area contributed by atoms with Crippen LogP contribution in [-0.4, -0.2) is 37.8 Å². The molecular formula is C17H29N3O. The first-order valence-electron chi connectivity index (χ1n) is 8.18. The molecule has 1 aromatic heterocycles. The summed E-state index contributed by atoms with van der Waals surface area (Å²) >= 11 is 0. The molecule has 1 heterocycles. The second-order valence-electron chi connectivity index (χ2n) is 5.93. The van der Waals surface area contributed by atoms with Gasteiger partial charge in [-0.1, -0.05) is 13.0 Å². The van der Waals surface area contributed by atoms with Gasteiger partial charge < -0.3 is 15.0 Å². The monoisotopic (exact) mass is 291 g/mol. The fraction of sp³-hybridized carbons (Fsp3) is 0.706. The number of ether oxygens (including phenoxy) is 1. The van der Waals surface area contributed by atoms with Crippen LogP contribution in [0.25, 0.3) is 0 Å². The van der Waals surface area contributed by atoms with Crippen LogP contribution in [0.5, 0.6) is 0 Å². The van der Waals surface area contributed by atoms with Crippen LogP contribution in [0.4, 0.5) is 5.82 Å². The molecule has 2 rings (SSSR count). The van der Waals surface area contributed by atoms with Crippen molar-refractivity contribution in [3.05, 3.63) is 23.9 Å². The van der Waals surface area contributed by atoms with Crippen molar-refractivity contribution in [3.63, 3.8) is 0 Å². The van der Waals surface area contributed by atoms with Gasteiger partial charge in [-0.25, -0.2) is 4.98 Å². The Labute approximate surface area is 128 Å². The highest BCUT2D eigenvalue weighted by Crippen LogP contribution is 2.36. The van der Waals surface area contributed by atoms with Crippen molar-refractivity contribution in [2.24, 2.45) is 5.92 Å². The minimum absolute atomic E-state index is 0.548. The van der Waals surface area contributed by atoms with E-state index in [0.29, 0.717) is 6.04 Å². The number of pyridine rings is 1. The quantitative estimate of drug-likeness (QED) is 0.673. The summed E-state index contributed by atoms with van der Waals surface area (Å²) in [5.41, 5.74) is 1.12. The van der Waals surface area contributed by atoms with Gasteiger partial charge in [0, 0.05) is 26.2 Å². The summed E-state index contributed by atoms with van der Waals surface area (Å²) in [6, 6.07) is 6.89. The van der Waals surface area contributed by atoms with Gasteiger partial charge in [0.25, 0.3) is 0 Å². The standard InChI is InChI=1S/C17H29N3O/c1-4-10-18-13-16-6-5-7-17(19-16)20(11-12-21-3)14(2)15-8-9-15/h5-7,14-15,18H,4,8-13H2,1-3H3. The Morgan fingerprint density at radius 1 is 1.43 bits per heavy atom. The SMILES string of the molecule is CCCNCc1cccc(N(CCOC)C(C)C2CC2)n1. The summed E-state index contributed by atoms with van der Waals surface area (Å²) in [6.07, 6.45) is 3.85. The molecule has 0 bridgehead atoms. The minimum atomic E-state index is 0.548. The highest BCUT2D eigenvalue weighted by atomic mass is 16.5. The van der Waals surface area contributed by atoms with Crippen molar-refractivity contribution in [2.75, 3.05) is 31.7 Å². The predicted molar refractivity (Wildman–Crippen MR) is 87.6 cm³/mol. The molecule has 1 atom stereocenters. The van der Waals surface area contributed by atoms with E-state index in [1.165, 1.54) is 12.8 Å². The molecule has 1 aliphatic rings. The van der Waals surface area contributed by atoms with E-state index in [0.717, 1.165) is 50.1 Å². The lowest BCUT2D eigenvalue weighted by atomic mass is 10.1. The van der Waals surface area contributed by atoms with E-state index in [9.17, 15) is 0 Å². The molecule has 1 fully saturated rings. The molecule has 118 valence electrons. The van der Waals surface area contributed by atoms with E-state index in [-0.39, 0.29) is 0 Å². The maximum atomic E-state index is 5.27. The van der Waals surface area contributed by atoms with Gasteiger partial charge >= 0.3 is 0 Å². The van der Waals surface area contributed by atoms with Gasteiger partial charge in [0.1, 0.15) is 5.82 Å². The third-order valence-electron chi connectivity index (χ3n) is 4.15. The molecule has 1 unspecified atom stereocenters. The molecule has 21 heavy (non-hydrogen) atoms. The second-order valence-corrected chi connectivity index (χ2v) is 5.93. The van der Waals surface area contributed by atoms with Gasteiger partial charge in [-0.3, -0.25) is 0 Å². The van der Waals surface area contributed by atoms with Crippen molar-refractivity contribution >= 4 is 5.82 Å². The van der Waals surface area contributed by atoms with Crippen LogP contribution in [0.2, 0.25) is 0 Å². The first-order chi connectivity index (χ1) is 10.3. The minimum Gasteiger partial charge on any atom is -0.383 e. The molecule has 0 aliphatic heterocycles. The smallest absolute Gasteiger partial charge is 0.129 e. The lowest BCUT2D eigenvalue weighted by Gasteiger charge is -2.30. The molecule has 4 heteroatoms. The predicted octanol–water partition coefficient (Wildman–Crippen LogP) is 2.83. The number of rotatable bonds is 10. The van der Waals surface area contributed by atoms with Gasteiger partial charge in [-0.15, -0.1) is 0 Å². The third-order valence-corrected chi connectivity index (χ3v) is 4.15. The first kappa shape index (κ1) is 16.2.